The number of likely N-dealkylation sites (tertiary alicyclic amines) is 1. The summed E-state index contributed by atoms with van der Waals surface area (Å²) in [5, 5.41) is 3.56. The fourth-order valence-corrected chi connectivity index (χ4v) is 2.73. The average molecular weight is 332 g/mol. The van der Waals surface area contributed by atoms with Gasteiger partial charge in [-0.2, -0.15) is 0 Å². The Bertz CT molecular complexity index is 451. The number of hydrogen-bond donors (Lipinski definition) is 2. The lowest BCUT2D eigenvalue weighted by Gasteiger charge is -2.34. The van der Waals surface area contributed by atoms with E-state index in [9.17, 15) is 4.79 Å². The maximum absolute atomic E-state index is 12.0. The van der Waals surface area contributed by atoms with Gasteiger partial charge < -0.3 is 11.1 Å². The molecule has 1 aliphatic rings. The van der Waals surface area contributed by atoms with E-state index in [-0.39, 0.29) is 24.4 Å². The molecular weight excluding hydrogens is 309 g/mol. The minimum Gasteiger partial charge on any atom is -0.328 e. The Morgan fingerprint density at radius 3 is 2.76 bits per heavy atom. The van der Waals surface area contributed by atoms with Gasteiger partial charge in [-0.05, 0) is 56.5 Å². The van der Waals surface area contributed by atoms with Crippen molar-refractivity contribution in [2.75, 3.05) is 25.0 Å². The van der Waals surface area contributed by atoms with E-state index in [0.29, 0.717) is 17.5 Å². The molecule has 1 fully saturated rings. The summed E-state index contributed by atoms with van der Waals surface area (Å²) in [7, 11) is 0. The molecule has 0 bridgehead atoms. The van der Waals surface area contributed by atoms with Crippen LogP contribution in [0.4, 0.5) is 5.69 Å². The molecule has 0 radical (unpaired) electrons. The van der Waals surface area contributed by atoms with E-state index in [1.807, 2.05) is 6.92 Å². The van der Waals surface area contributed by atoms with Crippen LogP contribution in [0.15, 0.2) is 24.3 Å². The first-order chi connectivity index (χ1) is 9.54. The van der Waals surface area contributed by atoms with Crippen molar-refractivity contribution in [2.24, 2.45) is 11.7 Å². The highest BCUT2D eigenvalue weighted by Crippen LogP contribution is 2.19. The Balaban J connectivity index is 0.00000220. The number of amides is 1. The van der Waals surface area contributed by atoms with E-state index in [0.717, 1.165) is 31.6 Å². The molecule has 2 atom stereocenters. The van der Waals surface area contributed by atoms with Crippen LogP contribution in [0, 0.1) is 5.92 Å². The van der Waals surface area contributed by atoms with Gasteiger partial charge in [0, 0.05) is 23.3 Å². The van der Waals surface area contributed by atoms with Crippen molar-refractivity contribution >= 4 is 35.6 Å². The fraction of sp³-hybridized carbons (Fsp3) is 0.533. The number of nitrogens with zero attached hydrogens (tertiary/aromatic N) is 1. The summed E-state index contributed by atoms with van der Waals surface area (Å²) in [5.74, 6) is 0.504. The lowest BCUT2D eigenvalue weighted by Crippen LogP contribution is -2.45. The molecular formula is C15H23Cl2N3O. The number of anilines is 1. The highest BCUT2D eigenvalue weighted by molar-refractivity contribution is 6.30. The number of benzene rings is 1. The molecule has 2 rings (SSSR count). The summed E-state index contributed by atoms with van der Waals surface area (Å²) < 4.78 is 0. The van der Waals surface area contributed by atoms with Crippen molar-refractivity contribution in [1.29, 1.82) is 0 Å². The van der Waals surface area contributed by atoms with E-state index in [1.54, 1.807) is 24.3 Å². The quantitative estimate of drug-likeness (QED) is 0.891. The second-order valence-electron chi connectivity index (χ2n) is 5.55. The summed E-state index contributed by atoms with van der Waals surface area (Å²) in [4.78, 5) is 14.2. The van der Waals surface area contributed by atoms with Crippen molar-refractivity contribution in [3.63, 3.8) is 0 Å². The Labute approximate surface area is 137 Å². The summed E-state index contributed by atoms with van der Waals surface area (Å²) >= 11 is 5.82. The summed E-state index contributed by atoms with van der Waals surface area (Å²) in [6, 6.07) is 7.34. The second-order valence-corrected chi connectivity index (χ2v) is 5.99. The molecule has 1 saturated heterocycles. The molecule has 1 amide bonds. The van der Waals surface area contributed by atoms with Gasteiger partial charge in [0.05, 0.1) is 6.54 Å². The van der Waals surface area contributed by atoms with E-state index in [2.05, 4.69) is 10.2 Å². The van der Waals surface area contributed by atoms with Crippen molar-refractivity contribution in [3.05, 3.63) is 29.3 Å². The zero-order valence-electron chi connectivity index (χ0n) is 12.2. The van der Waals surface area contributed by atoms with Crippen molar-refractivity contribution < 1.29 is 4.79 Å². The Morgan fingerprint density at radius 1 is 1.48 bits per heavy atom. The van der Waals surface area contributed by atoms with Crippen molar-refractivity contribution in [2.45, 2.75) is 25.8 Å². The fourth-order valence-electron chi connectivity index (χ4n) is 2.60. The van der Waals surface area contributed by atoms with Crippen LogP contribution >= 0.6 is 24.0 Å². The average Bonchev–Trinajstić information content (AvgIpc) is 2.41. The SMILES string of the molecule is CC(N)C1CCCN(CC(=O)Nc2ccc(Cl)cc2)C1.Cl. The molecule has 4 nitrogen and oxygen atoms in total. The molecule has 1 heterocycles. The third kappa shape index (κ3) is 5.83. The molecule has 3 N–H and O–H groups in total. The first kappa shape index (κ1) is 18.2. The Hall–Kier alpha value is -0.810. The standard InChI is InChI=1S/C15H22ClN3O.ClH/c1-11(17)12-3-2-8-19(9-12)10-15(20)18-14-6-4-13(16)5-7-14;/h4-7,11-12H,2-3,8-10,17H2,1H3,(H,18,20);1H. The number of piperidine rings is 1. The van der Waals surface area contributed by atoms with Crippen molar-refractivity contribution in [3.8, 4) is 0 Å². The molecule has 0 spiro atoms. The number of nitrogens with two attached hydrogens (primary N) is 1. The normalized spacial score (nSPS) is 20.4. The number of hydrogen-bond acceptors (Lipinski definition) is 3. The highest BCUT2D eigenvalue weighted by Gasteiger charge is 2.23. The maximum atomic E-state index is 12.0. The van der Waals surface area contributed by atoms with Crippen molar-refractivity contribution in [1.82, 2.24) is 4.90 Å². The van der Waals surface area contributed by atoms with E-state index < -0.39 is 0 Å². The van der Waals surface area contributed by atoms with Crippen LogP contribution in [0.25, 0.3) is 0 Å². The number of carbonyl (C=O) groups is 1. The molecule has 1 aromatic carbocycles. The molecule has 0 aliphatic carbocycles. The zero-order chi connectivity index (χ0) is 14.5. The molecule has 118 valence electrons. The second kappa shape index (κ2) is 8.59. The largest absolute Gasteiger partial charge is 0.328 e. The first-order valence-corrected chi connectivity index (χ1v) is 7.46. The summed E-state index contributed by atoms with van der Waals surface area (Å²) in [5.41, 5.74) is 6.74. The van der Waals surface area contributed by atoms with E-state index in [4.69, 9.17) is 17.3 Å². The van der Waals surface area contributed by atoms with Gasteiger partial charge >= 0.3 is 0 Å². The minimum atomic E-state index is 0. The summed E-state index contributed by atoms with van der Waals surface area (Å²) in [6.07, 6.45) is 2.27. The molecule has 1 aliphatic heterocycles. The predicted molar refractivity (Wildman–Crippen MR) is 90.1 cm³/mol. The van der Waals surface area contributed by atoms with Gasteiger partial charge in [-0.1, -0.05) is 11.6 Å². The summed E-state index contributed by atoms with van der Waals surface area (Å²) in [6.45, 7) is 4.34. The first-order valence-electron chi connectivity index (χ1n) is 7.08. The topological polar surface area (TPSA) is 58.4 Å². The maximum Gasteiger partial charge on any atom is 0.238 e. The third-order valence-electron chi connectivity index (χ3n) is 3.78. The molecule has 0 aromatic heterocycles. The Morgan fingerprint density at radius 2 is 2.14 bits per heavy atom. The smallest absolute Gasteiger partial charge is 0.238 e. The molecule has 6 heteroatoms. The zero-order valence-corrected chi connectivity index (χ0v) is 13.8. The minimum absolute atomic E-state index is 0. The van der Waals surface area contributed by atoms with E-state index in [1.165, 1.54) is 0 Å². The number of halogens is 2. The van der Waals surface area contributed by atoms with Crippen LogP contribution in [0.1, 0.15) is 19.8 Å². The van der Waals surface area contributed by atoms with Crippen LogP contribution in [0.2, 0.25) is 5.02 Å². The van der Waals surface area contributed by atoms with Crippen LogP contribution in [-0.2, 0) is 4.79 Å². The molecule has 2 unspecified atom stereocenters. The predicted octanol–water partition coefficient (Wildman–Crippen LogP) is 2.76. The van der Waals surface area contributed by atoms with Gasteiger partial charge in [0.2, 0.25) is 5.91 Å². The number of rotatable bonds is 4. The van der Waals surface area contributed by atoms with Gasteiger partial charge in [-0.15, -0.1) is 12.4 Å². The van der Waals surface area contributed by atoms with Gasteiger partial charge in [0.1, 0.15) is 0 Å². The van der Waals surface area contributed by atoms with E-state index >= 15 is 0 Å². The van der Waals surface area contributed by atoms with Gasteiger partial charge in [0.15, 0.2) is 0 Å². The lowest BCUT2D eigenvalue weighted by atomic mass is 9.92. The van der Waals surface area contributed by atoms with Crippen LogP contribution in [0.5, 0.6) is 0 Å². The molecule has 0 saturated carbocycles. The van der Waals surface area contributed by atoms with Crippen LogP contribution in [-0.4, -0.2) is 36.5 Å². The third-order valence-corrected chi connectivity index (χ3v) is 4.03. The molecule has 1 aromatic rings. The number of carbonyl (C=O) groups excluding carboxylic acids is 1. The lowest BCUT2D eigenvalue weighted by molar-refractivity contribution is -0.117. The molecule has 21 heavy (non-hydrogen) atoms. The highest BCUT2D eigenvalue weighted by atomic mass is 35.5. The van der Waals surface area contributed by atoms with Gasteiger partial charge in [-0.3, -0.25) is 9.69 Å². The Kier molecular flexibility index (Phi) is 7.46. The van der Waals surface area contributed by atoms with Gasteiger partial charge in [0.25, 0.3) is 0 Å². The van der Waals surface area contributed by atoms with Crippen LogP contribution < -0.4 is 11.1 Å². The van der Waals surface area contributed by atoms with Gasteiger partial charge in [-0.25, -0.2) is 0 Å². The van der Waals surface area contributed by atoms with Crippen LogP contribution in [0.3, 0.4) is 0 Å². The monoisotopic (exact) mass is 331 g/mol. The number of nitrogens with one attached hydrogen (secondary N) is 1.